The Balaban J connectivity index is 2.38. The Hall–Kier alpha value is -2.02. The van der Waals surface area contributed by atoms with Crippen LogP contribution in [0.4, 0.5) is 10.5 Å². The molecule has 1 aliphatic heterocycles. The number of cyclic esters (lactones) is 1. The number of hydrogen-bond acceptors (Lipinski definition) is 3. The first-order valence-electron chi connectivity index (χ1n) is 6.52. The Morgan fingerprint density at radius 1 is 1.47 bits per heavy atom. The molecule has 0 spiro atoms. The summed E-state index contributed by atoms with van der Waals surface area (Å²) in [6.07, 6.45) is -0.488. The Bertz CT molecular complexity index is 531. The lowest BCUT2D eigenvalue weighted by Gasteiger charge is -2.32. The molecule has 0 aromatic heterocycles. The fourth-order valence-electron chi connectivity index (χ4n) is 2.39. The highest BCUT2D eigenvalue weighted by atomic mass is 16.6. The zero-order chi connectivity index (χ0) is 14.0. The van der Waals surface area contributed by atoms with E-state index in [0.29, 0.717) is 18.9 Å². The summed E-state index contributed by atoms with van der Waals surface area (Å²) in [5.41, 5.74) is 3.12. The van der Waals surface area contributed by atoms with Gasteiger partial charge in [-0.05, 0) is 24.0 Å². The lowest BCUT2D eigenvalue weighted by atomic mass is 9.97. The molecule has 100 valence electrons. The van der Waals surface area contributed by atoms with E-state index in [4.69, 9.17) is 10.00 Å². The first kappa shape index (κ1) is 13.4. The monoisotopic (exact) mass is 258 g/mol. The normalized spacial score (nSPS) is 19.2. The number of benzene rings is 1. The molecule has 1 aliphatic rings. The van der Waals surface area contributed by atoms with Gasteiger partial charge in [0.15, 0.2) is 6.10 Å². The molecular formula is C15H18N2O2. The number of anilines is 1. The predicted molar refractivity (Wildman–Crippen MR) is 73.1 cm³/mol. The van der Waals surface area contributed by atoms with Crippen LogP contribution in [-0.4, -0.2) is 18.7 Å². The number of nitrogens with zero attached hydrogens (tertiary/aromatic N) is 2. The first-order chi connectivity index (χ1) is 9.04. The van der Waals surface area contributed by atoms with Crippen molar-refractivity contribution < 1.29 is 9.53 Å². The molecule has 0 aliphatic carbocycles. The molecule has 1 heterocycles. The molecule has 0 bridgehead atoms. The fourth-order valence-corrected chi connectivity index (χ4v) is 2.39. The van der Waals surface area contributed by atoms with Gasteiger partial charge in [-0.2, -0.15) is 5.26 Å². The summed E-state index contributed by atoms with van der Waals surface area (Å²) in [4.78, 5) is 13.7. The summed E-state index contributed by atoms with van der Waals surface area (Å²) in [6.45, 7) is 6.73. The smallest absolute Gasteiger partial charge is 0.415 e. The molecule has 1 aromatic rings. The molecule has 0 saturated carbocycles. The molecule has 0 N–H and O–H groups in total. The first-order valence-corrected chi connectivity index (χ1v) is 6.52. The highest BCUT2D eigenvalue weighted by molar-refractivity contribution is 5.90. The number of nitriles is 1. The minimum atomic E-state index is -0.615. The fraction of sp³-hybridized carbons (Fsp3) is 0.467. The van der Waals surface area contributed by atoms with Crippen LogP contribution in [0, 0.1) is 18.3 Å². The summed E-state index contributed by atoms with van der Waals surface area (Å²) in [5.74, 6) is 0.330. The van der Waals surface area contributed by atoms with Crippen LogP contribution >= 0.6 is 0 Å². The van der Waals surface area contributed by atoms with Gasteiger partial charge in [-0.15, -0.1) is 0 Å². The molecule has 1 fully saturated rings. The maximum absolute atomic E-state index is 12.0. The van der Waals surface area contributed by atoms with E-state index in [0.717, 1.165) is 16.8 Å². The zero-order valence-corrected chi connectivity index (χ0v) is 11.5. The minimum absolute atomic E-state index is 0.330. The van der Waals surface area contributed by atoms with Gasteiger partial charge in [-0.1, -0.05) is 32.0 Å². The van der Waals surface area contributed by atoms with Crippen molar-refractivity contribution in [3.63, 3.8) is 0 Å². The second-order valence-corrected chi connectivity index (χ2v) is 5.11. The molecule has 4 heteroatoms. The molecule has 1 amide bonds. The second kappa shape index (κ2) is 5.31. The molecule has 19 heavy (non-hydrogen) atoms. The van der Waals surface area contributed by atoms with Crippen LogP contribution in [0.2, 0.25) is 0 Å². The van der Waals surface area contributed by atoms with Gasteiger partial charge in [0.1, 0.15) is 6.07 Å². The number of aryl methyl sites for hydroxylation is 1. The number of carbonyl (C=O) groups is 1. The summed E-state index contributed by atoms with van der Waals surface area (Å²) in [7, 11) is 0. The van der Waals surface area contributed by atoms with Gasteiger partial charge >= 0.3 is 6.09 Å². The summed E-state index contributed by atoms with van der Waals surface area (Å²) in [6, 6.07) is 8.02. The van der Waals surface area contributed by atoms with E-state index in [1.54, 1.807) is 4.90 Å². The van der Waals surface area contributed by atoms with Gasteiger partial charge in [0.2, 0.25) is 0 Å². The van der Waals surface area contributed by atoms with Crippen molar-refractivity contribution in [2.45, 2.75) is 39.2 Å². The van der Waals surface area contributed by atoms with E-state index >= 15 is 0 Å². The van der Waals surface area contributed by atoms with E-state index in [1.165, 1.54) is 0 Å². The molecule has 1 atom stereocenters. The Morgan fingerprint density at radius 3 is 2.79 bits per heavy atom. The molecular weight excluding hydrogens is 240 g/mol. The maximum atomic E-state index is 12.0. The van der Waals surface area contributed by atoms with Crippen LogP contribution in [0.15, 0.2) is 18.2 Å². The lowest BCUT2D eigenvalue weighted by molar-refractivity contribution is 0.111. The zero-order valence-electron chi connectivity index (χ0n) is 11.5. The summed E-state index contributed by atoms with van der Waals surface area (Å²) in [5, 5.41) is 8.82. The van der Waals surface area contributed by atoms with Crippen molar-refractivity contribution in [1.29, 1.82) is 5.26 Å². The summed E-state index contributed by atoms with van der Waals surface area (Å²) >= 11 is 0. The Labute approximate surface area is 113 Å². The highest BCUT2D eigenvalue weighted by Gasteiger charge is 2.30. The van der Waals surface area contributed by atoms with Crippen LogP contribution in [-0.2, 0) is 4.74 Å². The van der Waals surface area contributed by atoms with Crippen molar-refractivity contribution in [2.75, 3.05) is 11.4 Å². The van der Waals surface area contributed by atoms with Crippen LogP contribution < -0.4 is 4.90 Å². The third-order valence-electron chi connectivity index (χ3n) is 3.38. The highest BCUT2D eigenvalue weighted by Crippen LogP contribution is 2.33. The number of para-hydroxylation sites is 1. The standard InChI is InChI=1S/C15H18N2O2/c1-10(2)13-6-4-5-11(3)14(13)17-8-7-12(9-16)19-15(17)18/h4-6,10,12H,7-8H2,1-3H3. The minimum Gasteiger partial charge on any atom is -0.430 e. The predicted octanol–water partition coefficient (Wildman–Crippen LogP) is 3.36. The number of carbonyl (C=O) groups excluding carboxylic acids is 1. The maximum Gasteiger partial charge on any atom is 0.415 e. The third-order valence-corrected chi connectivity index (χ3v) is 3.38. The van der Waals surface area contributed by atoms with Gasteiger partial charge in [0.05, 0.1) is 5.69 Å². The number of ether oxygens (including phenoxy) is 1. The topological polar surface area (TPSA) is 53.3 Å². The molecule has 4 nitrogen and oxygen atoms in total. The van der Waals surface area contributed by atoms with Gasteiger partial charge in [0, 0.05) is 13.0 Å². The average Bonchev–Trinajstić information content (AvgIpc) is 2.38. The average molecular weight is 258 g/mol. The van der Waals surface area contributed by atoms with Gasteiger partial charge in [-0.3, -0.25) is 4.90 Å². The van der Waals surface area contributed by atoms with Crippen molar-refractivity contribution in [2.24, 2.45) is 0 Å². The van der Waals surface area contributed by atoms with E-state index in [9.17, 15) is 4.79 Å². The largest absolute Gasteiger partial charge is 0.430 e. The van der Waals surface area contributed by atoms with E-state index in [-0.39, 0.29) is 0 Å². The Kier molecular flexibility index (Phi) is 3.75. The van der Waals surface area contributed by atoms with Crippen molar-refractivity contribution in [1.82, 2.24) is 0 Å². The lowest BCUT2D eigenvalue weighted by Crippen LogP contribution is -2.42. The second-order valence-electron chi connectivity index (χ2n) is 5.11. The van der Waals surface area contributed by atoms with Gasteiger partial charge < -0.3 is 4.74 Å². The number of rotatable bonds is 2. The van der Waals surface area contributed by atoms with Gasteiger partial charge in [0.25, 0.3) is 0 Å². The number of amides is 1. The van der Waals surface area contributed by atoms with Crippen LogP contribution in [0.25, 0.3) is 0 Å². The van der Waals surface area contributed by atoms with Crippen molar-refractivity contribution >= 4 is 11.8 Å². The number of hydrogen-bond donors (Lipinski definition) is 0. The van der Waals surface area contributed by atoms with Crippen molar-refractivity contribution in [3.8, 4) is 6.07 Å². The van der Waals surface area contributed by atoms with E-state index < -0.39 is 12.2 Å². The Morgan fingerprint density at radius 2 is 2.21 bits per heavy atom. The molecule has 2 rings (SSSR count). The van der Waals surface area contributed by atoms with E-state index in [2.05, 4.69) is 13.8 Å². The van der Waals surface area contributed by atoms with Gasteiger partial charge in [-0.25, -0.2) is 4.79 Å². The van der Waals surface area contributed by atoms with E-state index in [1.807, 2.05) is 31.2 Å². The SMILES string of the molecule is Cc1cccc(C(C)C)c1N1CCC(C#N)OC1=O. The molecule has 1 saturated heterocycles. The summed E-state index contributed by atoms with van der Waals surface area (Å²) < 4.78 is 5.12. The van der Waals surface area contributed by atoms with Crippen LogP contribution in [0.1, 0.15) is 37.3 Å². The molecule has 0 radical (unpaired) electrons. The quantitative estimate of drug-likeness (QED) is 0.817. The van der Waals surface area contributed by atoms with Crippen molar-refractivity contribution in [3.05, 3.63) is 29.3 Å². The molecule has 1 aromatic carbocycles. The molecule has 1 unspecified atom stereocenters. The third kappa shape index (κ3) is 2.55. The van der Waals surface area contributed by atoms with Crippen LogP contribution in [0.5, 0.6) is 0 Å². The van der Waals surface area contributed by atoms with Crippen LogP contribution in [0.3, 0.4) is 0 Å².